The quantitative estimate of drug-likeness (QED) is 0.899. The summed E-state index contributed by atoms with van der Waals surface area (Å²) in [7, 11) is 0. The van der Waals surface area contributed by atoms with Crippen LogP contribution in [0.4, 0.5) is 0 Å². The summed E-state index contributed by atoms with van der Waals surface area (Å²) in [5.41, 5.74) is -0.00910. The largest absolute Gasteiger partial charge is 0.394 e. The molecule has 18 heavy (non-hydrogen) atoms. The normalized spacial score (nSPS) is 12.6. The van der Waals surface area contributed by atoms with E-state index in [0.717, 1.165) is 0 Å². The van der Waals surface area contributed by atoms with Crippen molar-refractivity contribution < 1.29 is 9.90 Å². The van der Waals surface area contributed by atoms with Crippen LogP contribution < -0.4 is 5.32 Å². The number of aliphatic hydroxyl groups excluding tert-OH is 1. The maximum absolute atomic E-state index is 11.9. The lowest BCUT2D eigenvalue weighted by Gasteiger charge is -2.20. The first kappa shape index (κ1) is 15.5. The Kier molecular flexibility index (Phi) is 5.66. The first-order valence-electron chi connectivity index (χ1n) is 5.29. The van der Waals surface area contributed by atoms with Crippen LogP contribution in [-0.2, 0) is 0 Å². The molecule has 0 aliphatic carbocycles. The lowest BCUT2D eigenvalue weighted by atomic mass is 10.1. The molecule has 0 aliphatic rings. The highest BCUT2D eigenvalue weighted by Crippen LogP contribution is 2.31. The molecular weight excluding hydrogens is 298 g/mol. The molecule has 1 aromatic rings. The van der Waals surface area contributed by atoms with Crippen molar-refractivity contribution in [3.63, 3.8) is 0 Å². The Morgan fingerprint density at radius 1 is 1.39 bits per heavy atom. The van der Waals surface area contributed by atoms with Gasteiger partial charge in [-0.3, -0.25) is 4.79 Å². The van der Waals surface area contributed by atoms with Crippen molar-refractivity contribution in [3.8, 4) is 0 Å². The second kappa shape index (κ2) is 6.57. The molecule has 0 saturated carbocycles. The van der Waals surface area contributed by atoms with Gasteiger partial charge in [-0.15, -0.1) is 0 Å². The molecular formula is C11H13Cl3N2O2. The second-order valence-electron chi connectivity index (χ2n) is 4.09. The van der Waals surface area contributed by atoms with E-state index in [-0.39, 0.29) is 39.3 Å². The Balaban J connectivity index is 2.95. The summed E-state index contributed by atoms with van der Waals surface area (Å²) in [4.78, 5) is 15.8. The third-order valence-corrected chi connectivity index (χ3v) is 3.69. The highest BCUT2D eigenvalue weighted by molar-refractivity contribution is 6.48. The molecule has 0 saturated heterocycles. The average Bonchev–Trinajstić information content (AvgIpc) is 2.32. The third-order valence-electron chi connectivity index (χ3n) is 2.45. The lowest BCUT2D eigenvalue weighted by molar-refractivity contribution is 0.0892. The van der Waals surface area contributed by atoms with E-state index in [0.29, 0.717) is 0 Å². The van der Waals surface area contributed by atoms with Gasteiger partial charge in [-0.1, -0.05) is 48.7 Å². The molecule has 0 spiro atoms. The molecule has 7 heteroatoms. The van der Waals surface area contributed by atoms with E-state index in [4.69, 9.17) is 39.9 Å². The van der Waals surface area contributed by atoms with Crippen LogP contribution in [0.25, 0.3) is 0 Å². The number of pyridine rings is 1. The van der Waals surface area contributed by atoms with E-state index < -0.39 is 5.91 Å². The third kappa shape index (κ3) is 3.48. The van der Waals surface area contributed by atoms with Gasteiger partial charge in [-0.05, 0) is 5.92 Å². The molecule has 0 bridgehead atoms. The predicted molar refractivity (Wildman–Crippen MR) is 72.4 cm³/mol. The molecule has 1 aromatic heterocycles. The Bertz CT molecular complexity index is 452. The van der Waals surface area contributed by atoms with Crippen molar-refractivity contribution in [2.24, 2.45) is 5.92 Å². The summed E-state index contributed by atoms with van der Waals surface area (Å²) < 4.78 is 0. The number of rotatable bonds is 4. The zero-order chi connectivity index (χ0) is 13.9. The van der Waals surface area contributed by atoms with Crippen LogP contribution >= 0.6 is 34.8 Å². The van der Waals surface area contributed by atoms with E-state index in [1.807, 2.05) is 13.8 Å². The average molecular weight is 312 g/mol. The Hall–Kier alpha value is -0.550. The number of aliphatic hydroxyl groups is 1. The van der Waals surface area contributed by atoms with Crippen LogP contribution in [0.1, 0.15) is 24.3 Å². The number of nitrogens with zero attached hydrogens (tertiary/aromatic N) is 1. The van der Waals surface area contributed by atoms with Crippen molar-refractivity contribution >= 4 is 40.7 Å². The molecule has 0 fully saturated rings. The van der Waals surface area contributed by atoms with E-state index in [2.05, 4.69) is 10.3 Å². The predicted octanol–water partition coefficient (Wildman–Crippen LogP) is 2.79. The molecule has 0 aliphatic heterocycles. The minimum atomic E-state index is -0.494. The van der Waals surface area contributed by atoms with Gasteiger partial charge in [-0.2, -0.15) is 0 Å². The minimum Gasteiger partial charge on any atom is -0.394 e. The second-order valence-corrected chi connectivity index (χ2v) is 5.25. The van der Waals surface area contributed by atoms with Crippen LogP contribution in [0, 0.1) is 5.92 Å². The van der Waals surface area contributed by atoms with Crippen LogP contribution in [0.5, 0.6) is 0 Å². The summed E-state index contributed by atoms with van der Waals surface area (Å²) in [5.74, 6) is -0.410. The van der Waals surface area contributed by atoms with Gasteiger partial charge in [0.2, 0.25) is 0 Å². The van der Waals surface area contributed by atoms with Crippen LogP contribution in [-0.4, -0.2) is 28.6 Å². The molecule has 2 N–H and O–H groups in total. The maximum Gasteiger partial charge on any atom is 0.271 e. The van der Waals surface area contributed by atoms with E-state index in [1.165, 1.54) is 6.20 Å². The van der Waals surface area contributed by atoms with Crippen molar-refractivity contribution in [1.82, 2.24) is 10.3 Å². The van der Waals surface area contributed by atoms with Gasteiger partial charge in [0.25, 0.3) is 5.91 Å². The standard InChI is InChI=1S/C11H13Cl3N2O2/c1-5(2)7(4-17)16-11(18)10-9(14)8(13)6(12)3-15-10/h3,5,7,17H,4H2,1-2H3,(H,16,18). The van der Waals surface area contributed by atoms with Crippen LogP contribution in [0.2, 0.25) is 15.1 Å². The van der Waals surface area contributed by atoms with Crippen molar-refractivity contribution in [2.45, 2.75) is 19.9 Å². The molecule has 4 nitrogen and oxygen atoms in total. The van der Waals surface area contributed by atoms with E-state index in [9.17, 15) is 4.79 Å². The lowest BCUT2D eigenvalue weighted by Crippen LogP contribution is -2.41. The molecule has 1 unspecified atom stereocenters. The fraction of sp³-hybridized carbons (Fsp3) is 0.455. The van der Waals surface area contributed by atoms with Crippen molar-refractivity contribution in [3.05, 3.63) is 27.0 Å². The fourth-order valence-corrected chi connectivity index (χ4v) is 1.83. The van der Waals surface area contributed by atoms with Crippen molar-refractivity contribution in [2.75, 3.05) is 6.61 Å². The Labute approximate surface area is 120 Å². The smallest absolute Gasteiger partial charge is 0.271 e. The number of carbonyl (C=O) groups excluding carboxylic acids is 1. The summed E-state index contributed by atoms with van der Waals surface area (Å²) in [6, 6.07) is -0.371. The molecule has 1 heterocycles. The Morgan fingerprint density at radius 3 is 2.50 bits per heavy atom. The summed E-state index contributed by atoms with van der Waals surface area (Å²) >= 11 is 17.4. The summed E-state index contributed by atoms with van der Waals surface area (Å²) in [6.45, 7) is 3.60. The Morgan fingerprint density at radius 2 is 2.00 bits per heavy atom. The van der Waals surface area contributed by atoms with Gasteiger partial charge in [0.05, 0.1) is 27.7 Å². The molecule has 100 valence electrons. The van der Waals surface area contributed by atoms with E-state index >= 15 is 0 Å². The highest BCUT2D eigenvalue weighted by Gasteiger charge is 2.21. The number of aromatic nitrogens is 1. The summed E-state index contributed by atoms with van der Waals surface area (Å²) in [6.07, 6.45) is 1.26. The number of halogens is 3. The first-order chi connectivity index (χ1) is 8.38. The monoisotopic (exact) mass is 310 g/mol. The maximum atomic E-state index is 11.9. The van der Waals surface area contributed by atoms with Crippen LogP contribution in [0.15, 0.2) is 6.20 Å². The highest BCUT2D eigenvalue weighted by atomic mass is 35.5. The van der Waals surface area contributed by atoms with Gasteiger partial charge < -0.3 is 10.4 Å². The fourth-order valence-electron chi connectivity index (χ4n) is 1.26. The molecule has 0 radical (unpaired) electrons. The van der Waals surface area contributed by atoms with Gasteiger partial charge in [0.1, 0.15) is 5.69 Å². The van der Waals surface area contributed by atoms with Crippen molar-refractivity contribution in [1.29, 1.82) is 0 Å². The van der Waals surface area contributed by atoms with Gasteiger partial charge >= 0.3 is 0 Å². The van der Waals surface area contributed by atoms with Crippen LogP contribution in [0.3, 0.4) is 0 Å². The summed E-state index contributed by atoms with van der Waals surface area (Å²) in [5, 5.41) is 12.0. The van der Waals surface area contributed by atoms with Gasteiger partial charge in [0, 0.05) is 6.20 Å². The number of nitrogens with one attached hydrogen (secondary N) is 1. The molecule has 1 atom stereocenters. The zero-order valence-electron chi connectivity index (χ0n) is 9.88. The number of amides is 1. The minimum absolute atomic E-state index is 0.00196. The number of hydrogen-bond acceptors (Lipinski definition) is 3. The topological polar surface area (TPSA) is 62.2 Å². The van der Waals surface area contributed by atoms with E-state index in [1.54, 1.807) is 0 Å². The molecule has 0 aromatic carbocycles. The molecule has 1 rings (SSSR count). The SMILES string of the molecule is CC(C)C(CO)NC(=O)c1ncc(Cl)c(Cl)c1Cl. The zero-order valence-corrected chi connectivity index (χ0v) is 12.1. The van der Waals surface area contributed by atoms with Gasteiger partial charge in [0.15, 0.2) is 0 Å². The van der Waals surface area contributed by atoms with Gasteiger partial charge in [-0.25, -0.2) is 4.98 Å². The molecule has 1 amide bonds. The number of hydrogen-bond donors (Lipinski definition) is 2. The first-order valence-corrected chi connectivity index (χ1v) is 6.43. The number of carbonyl (C=O) groups is 1.